The molecule has 1 saturated carbocycles. The molecule has 23 heavy (non-hydrogen) atoms. The van der Waals surface area contributed by atoms with Crippen LogP contribution in [0.25, 0.3) is 11.1 Å². The van der Waals surface area contributed by atoms with Crippen molar-refractivity contribution in [2.75, 3.05) is 0 Å². The van der Waals surface area contributed by atoms with E-state index in [0.29, 0.717) is 0 Å². The Morgan fingerprint density at radius 2 is 1.70 bits per heavy atom. The van der Waals surface area contributed by atoms with E-state index in [4.69, 9.17) is 5.73 Å². The second-order valence-electron chi connectivity index (χ2n) is 6.49. The summed E-state index contributed by atoms with van der Waals surface area (Å²) in [7, 11) is 0. The van der Waals surface area contributed by atoms with Gasteiger partial charge in [0.15, 0.2) is 0 Å². The van der Waals surface area contributed by atoms with Gasteiger partial charge in [-0.3, -0.25) is 4.79 Å². The van der Waals surface area contributed by atoms with Crippen molar-refractivity contribution in [2.24, 2.45) is 11.7 Å². The SMILES string of the molecule is CC(NC(=O)C1CCC(N)C1)c1ccc(-c2ccccc2)cc1. The first kappa shape index (κ1) is 15.8. The van der Waals surface area contributed by atoms with Crippen molar-refractivity contribution >= 4 is 5.91 Å². The highest BCUT2D eigenvalue weighted by Gasteiger charge is 2.28. The van der Waals surface area contributed by atoms with Gasteiger partial charge in [-0.15, -0.1) is 0 Å². The summed E-state index contributed by atoms with van der Waals surface area (Å²) >= 11 is 0. The third-order valence-corrected chi connectivity index (χ3v) is 4.72. The van der Waals surface area contributed by atoms with Crippen LogP contribution in [0.3, 0.4) is 0 Å². The van der Waals surface area contributed by atoms with E-state index in [1.165, 1.54) is 11.1 Å². The molecular weight excluding hydrogens is 284 g/mol. The summed E-state index contributed by atoms with van der Waals surface area (Å²) in [6.45, 7) is 2.03. The minimum absolute atomic E-state index is 0.0177. The van der Waals surface area contributed by atoms with Crippen LogP contribution >= 0.6 is 0 Å². The molecule has 3 heteroatoms. The van der Waals surface area contributed by atoms with Gasteiger partial charge in [0.1, 0.15) is 0 Å². The minimum atomic E-state index is 0.0177. The predicted molar refractivity (Wildman–Crippen MR) is 93.8 cm³/mol. The Kier molecular flexibility index (Phi) is 4.77. The molecule has 3 rings (SSSR count). The van der Waals surface area contributed by atoms with Gasteiger partial charge < -0.3 is 11.1 Å². The molecule has 2 aromatic carbocycles. The molecule has 1 aliphatic rings. The van der Waals surface area contributed by atoms with Gasteiger partial charge in [-0.1, -0.05) is 54.6 Å². The van der Waals surface area contributed by atoms with Crippen LogP contribution in [0.15, 0.2) is 54.6 Å². The zero-order valence-corrected chi connectivity index (χ0v) is 13.5. The summed E-state index contributed by atoms with van der Waals surface area (Å²) in [6.07, 6.45) is 2.68. The van der Waals surface area contributed by atoms with Crippen LogP contribution in [-0.4, -0.2) is 11.9 Å². The molecule has 2 aromatic rings. The van der Waals surface area contributed by atoms with Crippen LogP contribution in [0.1, 0.15) is 37.8 Å². The van der Waals surface area contributed by atoms with Gasteiger partial charge in [0, 0.05) is 12.0 Å². The standard InChI is InChI=1S/C20H24N2O/c1-14(22-20(23)18-11-12-19(21)13-18)15-7-9-17(10-8-15)16-5-3-2-4-6-16/h2-10,14,18-19H,11-13,21H2,1H3,(H,22,23). The van der Waals surface area contributed by atoms with E-state index in [1.54, 1.807) is 0 Å². The maximum atomic E-state index is 12.3. The summed E-state index contributed by atoms with van der Waals surface area (Å²) in [5.74, 6) is 0.216. The lowest BCUT2D eigenvalue weighted by Crippen LogP contribution is -2.32. The van der Waals surface area contributed by atoms with Crippen molar-refractivity contribution in [1.29, 1.82) is 0 Å². The molecule has 3 nitrogen and oxygen atoms in total. The van der Waals surface area contributed by atoms with Crippen LogP contribution in [0.5, 0.6) is 0 Å². The van der Waals surface area contributed by atoms with E-state index in [-0.39, 0.29) is 23.9 Å². The number of nitrogens with one attached hydrogen (secondary N) is 1. The fraction of sp³-hybridized carbons (Fsp3) is 0.350. The molecule has 0 bridgehead atoms. The lowest BCUT2D eigenvalue weighted by molar-refractivity contribution is -0.125. The molecule has 0 radical (unpaired) electrons. The minimum Gasteiger partial charge on any atom is -0.349 e. The van der Waals surface area contributed by atoms with Crippen molar-refractivity contribution in [2.45, 2.75) is 38.3 Å². The van der Waals surface area contributed by atoms with Gasteiger partial charge in [0.25, 0.3) is 0 Å². The second kappa shape index (κ2) is 6.97. The topological polar surface area (TPSA) is 55.1 Å². The Labute approximate surface area is 137 Å². The van der Waals surface area contributed by atoms with E-state index in [9.17, 15) is 4.79 Å². The molecule has 0 spiro atoms. The van der Waals surface area contributed by atoms with Gasteiger partial charge in [-0.05, 0) is 42.9 Å². The maximum absolute atomic E-state index is 12.3. The quantitative estimate of drug-likeness (QED) is 0.905. The molecule has 120 valence electrons. The second-order valence-corrected chi connectivity index (χ2v) is 6.49. The Morgan fingerprint density at radius 1 is 1.04 bits per heavy atom. The molecule has 3 atom stereocenters. The molecule has 1 aliphatic carbocycles. The highest BCUT2D eigenvalue weighted by molar-refractivity contribution is 5.79. The highest BCUT2D eigenvalue weighted by Crippen LogP contribution is 2.26. The summed E-state index contributed by atoms with van der Waals surface area (Å²) < 4.78 is 0. The first-order chi connectivity index (χ1) is 11.1. The number of hydrogen-bond acceptors (Lipinski definition) is 2. The number of nitrogens with two attached hydrogens (primary N) is 1. The van der Waals surface area contributed by atoms with Crippen LogP contribution in [0.2, 0.25) is 0 Å². The lowest BCUT2D eigenvalue weighted by Gasteiger charge is -2.18. The monoisotopic (exact) mass is 308 g/mol. The fourth-order valence-electron chi connectivity index (χ4n) is 3.26. The lowest BCUT2D eigenvalue weighted by atomic mass is 10.0. The molecule has 1 amide bonds. The number of carbonyl (C=O) groups is 1. The third-order valence-electron chi connectivity index (χ3n) is 4.72. The summed E-state index contributed by atoms with van der Waals surface area (Å²) in [5, 5.41) is 3.12. The van der Waals surface area contributed by atoms with E-state index in [0.717, 1.165) is 24.8 Å². The Morgan fingerprint density at radius 3 is 2.30 bits per heavy atom. The number of rotatable bonds is 4. The Hall–Kier alpha value is -2.13. The first-order valence-corrected chi connectivity index (χ1v) is 8.35. The number of benzene rings is 2. The van der Waals surface area contributed by atoms with Crippen molar-refractivity contribution in [3.8, 4) is 11.1 Å². The number of amides is 1. The summed E-state index contributed by atoms with van der Waals surface area (Å²) in [6, 6.07) is 18.9. The largest absolute Gasteiger partial charge is 0.349 e. The van der Waals surface area contributed by atoms with E-state index in [2.05, 4.69) is 41.7 Å². The first-order valence-electron chi connectivity index (χ1n) is 8.35. The zero-order chi connectivity index (χ0) is 16.2. The molecule has 0 saturated heterocycles. The molecule has 0 aliphatic heterocycles. The van der Waals surface area contributed by atoms with Gasteiger partial charge >= 0.3 is 0 Å². The predicted octanol–water partition coefficient (Wildman–Crippen LogP) is 3.66. The third kappa shape index (κ3) is 3.80. The van der Waals surface area contributed by atoms with E-state index >= 15 is 0 Å². The summed E-state index contributed by atoms with van der Waals surface area (Å²) in [4.78, 5) is 12.3. The molecular formula is C20H24N2O. The van der Waals surface area contributed by atoms with Crippen LogP contribution < -0.4 is 11.1 Å². The molecule has 1 fully saturated rings. The molecule has 3 unspecified atom stereocenters. The van der Waals surface area contributed by atoms with Crippen molar-refractivity contribution in [3.05, 3.63) is 60.2 Å². The molecule has 0 heterocycles. The normalized spacial score (nSPS) is 21.8. The van der Waals surface area contributed by atoms with E-state index in [1.807, 2.05) is 25.1 Å². The average molecular weight is 308 g/mol. The van der Waals surface area contributed by atoms with Gasteiger partial charge in [-0.25, -0.2) is 0 Å². The van der Waals surface area contributed by atoms with Crippen molar-refractivity contribution in [3.63, 3.8) is 0 Å². The smallest absolute Gasteiger partial charge is 0.223 e. The van der Waals surface area contributed by atoms with Crippen LogP contribution in [0, 0.1) is 5.92 Å². The van der Waals surface area contributed by atoms with Crippen molar-refractivity contribution in [1.82, 2.24) is 5.32 Å². The molecule has 3 N–H and O–H groups in total. The van der Waals surface area contributed by atoms with Crippen LogP contribution in [-0.2, 0) is 4.79 Å². The molecule has 0 aromatic heterocycles. The van der Waals surface area contributed by atoms with Gasteiger partial charge in [-0.2, -0.15) is 0 Å². The number of carbonyl (C=O) groups excluding carboxylic acids is 1. The zero-order valence-electron chi connectivity index (χ0n) is 13.5. The van der Waals surface area contributed by atoms with Gasteiger partial charge in [0.05, 0.1) is 6.04 Å². The highest BCUT2D eigenvalue weighted by atomic mass is 16.1. The van der Waals surface area contributed by atoms with Crippen LogP contribution in [0.4, 0.5) is 0 Å². The Balaban J connectivity index is 1.64. The average Bonchev–Trinajstić information content (AvgIpc) is 3.02. The number of hydrogen-bond donors (Lipinski definition) is 2. The van der Waals surface area contributed by atoms with Gasteiger partial charge in [0.2, 0.25) is 5.91 Å². The maximum Gasteiger partial charge on any atom is 0.223 e. The fourth-order valence-corrected chi connectivity index (χ4v) is 3.26. The van der Waals surface area contributed by atoms with Crippen molar-refractivity contribution < 1.29 is 4.79 Å². The summed E-state index contributed by atoms with van der Waals surface area (Å²) in [5.41, 5.74) is 9.42. The van der Waals surface area contributed by atoms with E-state index < -0.39 is 0 Å². The Bertz CT molecular complexity index is 651.